The quantitative estimate of drug-likeness (QED) is 0.623. The summed E-state index contributed by atoms with van der Waals surface area (Å²) in [5, 5.41) is 5.54. The first-order chi connectivity index (χ1) is 9.54. The van der Waals surface area contributed by atoms with E-state index in [-0.39, 0.29) is 0 Å². The van der Waals surface area contributed by atoms with Gasteiger partial charge in [0.15, 0.2) is 0 Å². The zero-order valence-electron chi connectivity index (χ0n) is 12.1. The van der Waals surface area contributed by atoms with E-state index >= 15 is 0 Å². The summed E-state index contributed by atoms with van der Waals surface area (Å²) in [6, 6.07) is 0. The minimum absolute atomic E-state index is 0.334. The third-order valence-electron chi connectivity index (χ3n) is 3.30. The summed E-state index contributed by atoms with van der Waals surface area (Å²) in [6.07, 6.45) is 6.80. The Morgan fingerprint density at radius 1 is 0.900 bits per heavy atom. The number of unbranched alkanes of at least 4 members (excludes halogenated alkanes) is 8. The van der Waals surface area contributed by atoms with E-state index in [1.807, 2.05) is 0 Å². The lowest BCUT2D eigenvalue weighted by atomic mass is 10.1. The second kappa shape index (κ2) is 8.97. The summed E-state index contributed by atoms with van der Waals surface area (Å²) in [7, 11) is 0. The van der Waals surface area contributed by atoms with Gasteiger partial charge in [0.2, 0.25) is 0 Å². The van der Waals surface area contributed by atoms with Crippen molar-refractivity contribution in [2.24, 2.45) is 0 Å². The number of rotatable bonds is 10. The average Bonchev–Trinajstić information content (AvgIpc) is 2.85. The first-order valence-electron chi connectivity index (χ1n) is 7.52. The minimum atomic E-state index is -4.45. The highest BCUT2D eigenvalue weighted by atomic mass is 19.4. The predicted molar refractivity (Wildman–Crippen MR) is 72.3 cm³/mol. The second-order valence-electron chi connectivity index (χ2n) is 5.18. The molecule has 0 atom stereocenters. The van der Waals surface area contributed by atoms with Crippen LogP contribution < -0.4 is 0 Å². The van der Waals surface area contributed by atoms with E-state index in [0.717, 1.165) is 19.3 Å². The van der Waals surface area contributed by atoms with Gasteiger partial charge >= 0.3 is 6.18 Å². The van der Waals surface area contributed by atoms with Gasteiger partial charge in [-0.25, -0.2) is 4.98 Å². The molecule has 3 nitrogen and oxygen atoms in total. The Bertz CT molecular complexity index is 361. The average molecular weight is 291 g/mol. The molecule has 116 valence electrons. The van der Waals surface area contributed by atoms with Crippen LogP contribution in [0.2, 0.25) is 0 Å². The summed E-state index contributed by atoms with van der Waals surface area (Å²) in [4.78, 5) is 3.46. The SMILES string of the molecule is CCCCCCCCCCCc1nc(C(F)(F)F)n[nH]1. The van der Waals surface area contributed by atoms with Gasteiger partial charge in [0.05, 0.1) is 0 Å². The number of nitrogens with one attached hydrogen (secondary N) is 1. The zero-order valence-corrected chi connectivity index (χ0v) is 12.1. The predicted octanol–water partition coefficient (Wildman–Crippen LogP) is 4.90. The molecule has 0 bridgehead atoms. The topological polar surface area (TPSA) is 41.6 Å². The molecule has 0 fully saturated rings. The molecule has 0 radical (unpaired) electrons. The van der Waals surface area contributed by atoms with Gasteiger partial charge in [-0.05, 0) is 6.42 Å². The van der Waals surface area contributed by atoms with Crippen molar-refractivity contribution in [2.45, 2.75) is 77.3 Å². The minimum Gasteiger partial charge on any atom is -0.263 e. The van der Waals surface area contributed by atoms with Crippen LogP contribution in [0.1, 0.15) is 76.4 Å². The smallest absolute Gasteiger partial charge is 0.263 e. The summed E-state index contributed by atoms with van der Waals surface area (Å²) in [5.41, 5.74) is 0. The van der Waals surface area contributed by atoms with Gasteiger partial charge in [-0.1, -0.05) is 58.3 Å². The highest BCUT2D eigenvalue weighted by Crippen LogP contribution is 2.25. The molecule has 20 heavy (non-hydrogen) atoms. The third kappa shape index (κ3) is 6.91. The number of aromatic nitrogens is 3. The molecule has 1 rings (SSSR count). The maximum absolute atomic E-state index is 12.3. The molecule has 1 N–H and O–H groups in total. The van der Waals surface area contributed by atoms with E-state index in [9.17, 15) is 13.2 Å². The molecular weight excluding hydrogens is 267 g/mol. The molecule has 0 amide bonds. The zero-order chi connectivity index (χ0) is 14.8. The fourth-order valence-electron chi connectivity index (χ4n) is 2.14. The van der Waals surface area contributed by atoms with Crippen molar-refractivity contribution in [3.05, 3.63) is 11.6 Å². The summed E-state index contributed by atoms with van der Waals surface area (Å²) < 4.78 is 36.8. The Balaban J connectivity index is 2.03. The molecule has 0 aliphatic heterocycles. The van der Waals surface area contributed by atoms with Crippen molar-refractivity contribution in [3.8, 4) is 0 Å². The summed E-state index contributed by atoms with van der Waals surface area (Å²) >= 11 is 0. The van der Waals surface area contributed by atoms with Crippen LogP contribution in [-0.2, 0) is 12.6 Å². The molecule has 0 aromatic carbocycles. The van der Waals surface area contributed by atoms with E-state index in [2.05, 4.69) is 22.1 Å². The fraction of sp³-hybridized carbons (Fsp3) is 0.857. The molecule has 0 aliphatic carbocycles. The van der Waals surface area contributed by atoms with Crippen LogP contribution >= 0.6 is 0 Å². The number of aryl methyl sites for hydroxylation is 1. The van der Waals surface area contributed by atoms with Gasteiger partial charge in [-0.15, -0.1) is 5.10 Å². The Morgan fingerprint density at radius 2 is 1.45 bits per heavy atom. The molecule has 0 spiro atoms. The lowest BCUT2D eigenvalue weighted by Gasteiger charge is -2.01. The van der Waals surface area contributed by atoms with Crippen molar-refractivity contribution in [3.63, 3.8) is 0 Å². The second-order valence-corrected chi connectivity index (χ2v) is 5.18. The normalized spacial score (nSPS) is 12.0. The standard InChI is InChI=1S/C14H24F3N3/c1-2-3-4-5-6-7-8-9-10-11-12-18-13(20-19-12)14(15,16)17/h2-11H2,1H3,(H,18,19,20). The van der Waals surface area contributed by atoms with Crippen molar-refractivity contribution in [1.29, 1.82) is 0 Å². The van der Waals surface area contributed by atoms with Crippen molar-refractivity contribution >= 4 is 0 Å². The Kier molecular flexibility index (Phi) is 7.62. The van der Waals surface area contributed by atoms with Gasteiger partial charge in [-0.2, -0.15) is 13.2 Å². The van der Waals surface area contributed by atoms with Gasteiger partial charge in [0, 0.05) is 6.42 Å². The van der Waals surface area contributed by atoms with E-state index in [4.69, 9.17) is 0 Å². The Morgan fingerprint density at radius 3 is 1.95 bits per heavy atom. The van der Waals surface area contributed by atoms with Gasteiger partial charge in [0.1, 0.15) is 5.82 Å². The van der Waals surface area contributed by atoms with Crippen molar-refractivity contribution < 1.29 is 13.2 Å². The van der Waals surface area contributed by atoms with Crippen LogP contribution in [0.5, 0.6) is 0 Å². The van der Waals surface area contributed by atoms with Crippen molar-refractivity contribution in [2.75, 3.05) is 0 Å². The maximum atomic E-state index is 12.3. The van der Waals surface area contributed by atoms with E-state index in [1.165, 1.54) is 38.5 Å². The van der Waals surface area contributed by atoms with Crippen LogP contribution in [0.3, 0.4) is 0 Å². The molecule has 0 unspecified atom stereocenters. The van der Waals surface area contributed by atoms with Crippen LogP contribution in [0.25, 0.3) is 0 Å². The first kappa shape index (κ1) is 17.0. The fourth-order valence-corrected chi connectivity index (χ4v) is 2.14. The Labute approximate surface area is 118 Å². The molecular formula is C14H24F3N3. The van der Waals surface area contributed by atoms with E-state index in [0.29, 0.717) is 12.2 Å². The lowest BCUT2D eigenvalue weighted by molar-refractivity contribution is -0.144. The molecule has 0 saturated carbocycles. The number of nitrogens with zero attached hydrogens (tertiary/aromatic N) is 2. The molecule has 6 heteroatoms. The monoisotopic (exact) mass is 291 g/mol. The number of aromatic amines is 1. The number of halogens is 3. The third-order valence-corrected chi connectivity index (χ3v) is 3.30. The summed E-state index contributed by atoms with van der Waals surface area (Å²) in [6.45, 7) is 2.20. The highest BCUT2D eigenvalue weighted by Gasteiger charge is 2.35. The van der Waals surface area contributed by atoms with Crippen LogP contribution in [0.15, 0.2) is 0 Å². The molecule has 1 heterocycles. The maximum Gasteiger partial charge on any atom is 0.453 e. The van der Waals surface area contributed by atoms with Crippen LogP contribution in [0.4, 0.5) is 13.2 Å². The summed E-state index contributed by atoms with van der Waals surface area (Å²) in [5.74, 6) is -0.733. The number of hydrogen-bond donors (Lipinski definition) is 1. The van der Waals surface area contributed by atoms with Crippen molar-refractivity contribution in [1.82, 2.24) is 15.2 Å². The van der Waals surface area contributed by atoms with E-state index < -0.39 is 12.0 Å². The van der Waals surface area contributed by atoms with Crippen LogP contribution in [0, 0.1) is 0 Å². The molecule has 0 saturated heterocycles. The largest absolute Gasteiger partial charge is 0.453 e. The number of H-pyrrole nitrogens is 1. The number of alkyl halides is 3. The lowest BCUT2D eigenvalue weighted by Crippen LogP contribution is -2.07. The Hall–Kier alpha value is -1.07. The number of hydrogen-bond acceptors (Lipinski definition) is 2. The first-order valence-corrected chi connectivity index (χ1v) is 7.52. The molecule has 0 aliphatic rings. The highest BCUT2D eigenvalue weighted by molar-refractivity contribution is 4.94. The molecule has 1 aromatic heterocycles. The molecule has 1 aromatic rings. The van der Waals surface area contributed by atoms with Crippen LogP contribution in [-0.4, -0.2) is 15.2 Å². The van der Waals surface area contributed by atoms with Gasteiger partial charge in [-0.3, -0.25) is 5.10 Å². The van der Waals surface area contributed by atoms with E-state index in [1.54, 1.807) is 0 Å². The van der Waals surface area contributed by atoms with Gasteiger partial charge in [0.25, 0.3) is 5.82 Å². The van der Waals surface area contributed by atoms with Gasteiger partial charge < -0.3 is 0 Å².